The Kier molecular flexibility index (Phi) is 7.57. The maximum atomic E-state index is 13.2. The van der Waals surface area contributed by atoms with Gasteiger partial charge in [-0.25, -0.2) is 4.98 Å². The molecule has 1 aromatic carbocycles. The van der Waals surface area contributed by atoms with Gasteiger partial charge in [0.05, 0.1) is 6.20 Å². The van der Waals surface area contributed by atoms with Crippen LogP contribution in [0.1, 0.15) is 43.2 Å². The number of benzene rings is 1. The van der Waals surface area contributed by atoms with Crippen molar-refractivity contribution in [2.45, 2.75) is 58.0 Å². The van der Waals surface area contributed by atoms with Gasteiger partial charge in [-0.2, -0.15) is 0 Å². The van der Waals surface area contributed by atoms with Crippen molar-refractivity contribution in [2.75, 3.05) is 0 Å². The molecule has 0 bridgehead atoms. The Bertz CT molecular complexity index is 829. The minimum absolute atomic E-state index is 0.0133. The van der Waals surface area contributed by atoms with E-state index < -0.39 is 11.9 Å². The van der Waals surface area contributed by atoms with E-state index in [1.54, 1.807) is 0 Å². The predicted octanol–water partition coefficient (Wildman–Crippen LogP) is 2.30. The zero-order valence-corrected chi connectivity index (χ0v) is 17.7. The SMILES string of the molecule is CC(C)C[C@H](NC(=O)[C@H](Cc1ccccc1)NC(=O)c1cnccn1)B1CC(C)O1. The first-order valence-corrected chi connectivity index (χ1v) is 10.5. The molecule has 7 nitrogen and oxygen atoms in total. The molecule has 1 saturated heterocycles. The molecular formula is C22H29BN4O3. The predicted molar refractivity (Wildman–Crippen MR) is 116 cm³/mol. The number of hydrogen-bond acceptors (Lipinski definition) is 5. The molecule has 2 aromatic rings. The lowest BCUT2D eigenvalue weighted by molar-refractivity contribution is -0.123. The van der Waals surface area contributed by atoms with Crippen LogP contribution in [0.2, 0.25) is 6.32 Å². The van der Waals surface area contributed by atoms with Crippen LogP contribution in [0.4, 0.5) is 0 Å². The van der Waals surface area contributed by atoms with E-state index >= 15 is 0 Å². The van der Waals surface area contributed by atoms with Crippen molar-refractivity contribution >= 4 is 18.7 Å². The third kappa shape index (κ3) is 6.13. The molecule has 2 N–H and O–H groups in total. The molecule has 2 heterocycles. The first-order valence-electron chi connectivity index (χ1n) is 10.5. The number of carbonyl (C=O) groups is 2. The number of rotatable bonds is 9. The Morgan fingerprint density at radius 2 is 1.93 bits per heavy atom. The van der Waals surface area contributed by atoms with E-state index in [9.17, 15) is 9.59 Å². The van der Waals surface area contributed by atoms with Crippen LogP contribution in [-0.2, 0) is 15.9 Å². The van der Waals surface area contributed by atoms with Gasteiger partial charge in [0.2, 0.25) is 5.91 Å². The second-order valence-corrected chi connectivity index (χ2v) is 8.27. The second-order valence-electron chi connectivity index (χ2n) is 8.27. The summed E-state index contributed by atoms with van der Waals surface area (Å²) in [6, 6.07) is 8.91. The molecule has 1 aromatic heterocycles. The van der Waals surface area contributed by atoms with Crippen molar-refractivity contribution in [2.24, 2.45) is 5.92 Å². The van der Waals surface area contributed by atoms with Crippen LogP contribution >= 0.6 is 0 Å². The Balaban J connectivity index is 1.73. The highest BCUT2D eigenvalue weighted by Gasteiger charge is 2.40. The van der Waals surface area contributed by atoms with Gasteiger partial charge < -0.3 is 15.3 Å². The Morgan fingerprint density at radius 3 is 2.53 bits per heavy atom. The molecule has 1 aliphatic rings. The quantitative estimate of drug-likeness (QED) is 0.621. The smallest absolute Gasteiger partial charge is 0.318 e. The highest BCUT2D eigenvalue weighted by atomic mass is 16.5. The topological polar surface area (TPSA) is 93.2 Å². The van der Waals surface area contributed by atoms with Crippen molar-refractivity contribution in [3.63, 3.8) is 0 Å². The lowest BCUT2D eigenvalue weighted by atomic mass is 9.50. The van der Waals surface area contributed by atoms with Gasteiger partial charge in [0, 0.05) is 30.9 Å². The van der Waals surface area contributed by atoms with E-state index in [-0.39, 0.29) is 30.6 Å². The standard InChI is InChI=1S/C22H29BN4O3/c1-15(2)11-20(23-13-16(3)30-23)27-21(28)18(12-17-7-5-4-6-8-17)26-22(29)19-14-24-9-10-25-19/h4-10,14-16,18,20H,11-13H2,1-3H3,(H,26,29)(H,27,28)/t16?,18-,20-/m0/s1. The lowest BCUT2D eigenvalue weighted by Crippen LogP contribution is -2.59. The van der Waals surface area contributed by atoms with E-state index in [2.05, 4.69) is 34.4 Å². The van der Waals surface area contributed by atoms with E-state index in [4.69, 9.17) is 4.65 Å². The van der Waals surface area contributed by atoms with Gasteiger partial charge in [0.1, 0.15) is 11.7 Å². The fourth-order valence-corrected chi connectivity index (χ4v) is 3.68. The number of hydrogen-bond donors (Lipinski definition) is 2. The highest BCUT2D eigenvalue weighted by molar-refractivity contribution is 6.56. The molecule has 1 fully saturated rings. The lowest BCUT2D eigenvalue weighted by Gasteiger charge is -2.38. The Labute approximate surface area is 178 Å². The van der Waals surface area contributed by atoms with Crippen molar-refractivity contribution in [3.05, 3.63) is 60.2 Å². The first kappa shape index (κ1) is 22.0. The number of carbonyl (C=O) groups excluding carboxylic acids is 2. The van der Waals surface area contributed by atoms with Gasteiger partial charge >= 0.3 is 6.92 Å². The highest BCUT2D eigenvalue weighted by Crippen LogP contribution is 2.24. The van der Waals surface area contributed by atoms with Crippen molar-refractivity contribution < 1.29 is 14.2 Å². The van der Waals surface area contributed by atoms with Crippen molar-refractivity contribution in [3.8, 4) is 0 Å². The minimum atomic E-state index is -0.728. The molecular weight excluding hydrogens is 379 g/mol. The fraction of sp³-hybridized carbons (Fsp3) is 0.455. The number of aromatic nitrogens is 2. The maximum absolute atomic E-state index is 13.2. The molecule has 0 saturated carbocycles. The van der Waals surface area contributed by atoms with Crippen molar-refractivity contribution in [1.82, 2.24) is 20.6 Å². The summed E-state index contributed by atoms with van der Waals surface area (Å²) in [5, 5.41) is 5.96. The van der Waals surface area contributed by atoms with Gasteiger partial charge in [-0.05, 0) is 31.1 Å². The monoisotopic (exact) mass is 408 g/mol. The van der Waals surface area contributed by atoms with Crippen LogP contribution < -0.4 is 10.6 Å². The van der Waals surface area contributed by atoms with Gasteiger partial charge in [-0.3, -0.25) is 14.6 Å². The molecule has 30 heavy (non-hydrogen) atoms. The van der Waals surface area contributed by atoms with Crippen LogP contribution in [0.3, 0.4) is 0 Å². The van der Waals surface area contributed by atoms with Gasteiger partial charge in [-0.15, -0.1) is 0 Å². The molecule has 0 radical (unpaired) electrons. The summed E-state index contributed by atoms with van der Waals surface area (Å²) >= 11 is 0. The van der Waals surface area contributed by atoms with E-state index in [0.717, 1.165) is 18.3 Å². The Morgan fingerprint density at radius 1 is 1.20 bits per heavy atom. The molecule has 158 valence electrons. The normalized spacial score (nSPS) is 17.7. The van der Waals surface area contributed by atoms with Crippen molar-refractivity contribution in [1.29, 1.82) is 0 Å². The molecule has 3 atom stereocenters. The molecule has 0 aliphatic carbocycles. The minimum Gasteiger partial charge on any atom is -0.432 e. The third-order valence-corrected chi connectivity index (χ3v) is 5.17. The van der Waals surface area contributed by atoms with Crippen LogP contribution in [-0.4, -0.2) is 46.8 Å². The van der Waals surface area contributed by atoms with Crippen LogP contribution in [0.15, 0.2) is 48.9 Å². The average Bonchev–Trinajstić information content (AvgIpc) is 2.71. The van der Waals surface area contributed by atoms with E-state index in [0.29, 0.717) is 12.3 Å². The maximum Gasteiger partial charge on any atom is 0.318 e. The number of amides is 2. The van der Waals surface area contributed by atoms with Crippen LogP contribution in [0.5, 0.6) is 0 Å². The Hall–Kier alpha value is -2.74. The summed E-state index contributed by atoms with van der Waals surface area (Å²) in [5.74, 6) is -0.310. The fourth-order valence-electron chi connectivity index (χ4n) is 3.68. The van der Waals surface area contributed by atoms with E-state index in [1.165, 1.54) is 18.6 Å². The summed E-state index contributed by atoms with van der Waals surface area (Å²) < 4.78 is 5.83. The van der Waals surface area contributed by atoms with Crippen LogP contribution in [0, 0.1) is 5.92 Å². The largest absolute Gasteiger partial charge is 0.432 e. The molecule has 1 aliphatic heterocycles. The molecule has 0 spiro atoms. The van der Waals surface area contributed by atoms with Gasteiger partial charge in [0.25, 0.3) is 5.91 Å². The molecule has 3 rings (SSSR count). The van der Waals surface area contributed by atoms with E-state index in [1.807, 2.05) is 37.3 Å². The van der Waals surface area contributed by atoms with Gasteiger partial charge in [-0.1, -0.05) is 44.2 Å². The molecule has 8 heteroatoms. The average molecular weight is 408 g/mol. The number of nitrogens with zero attached hydrogens (tertiary/aromatic N) is 2. The summed E-state index contributed by atoms with van der Waals surface area (Å²) in [7, 11) is 0. The summed E-state index contributed by atoms with van der Waals surface area (Å²) in [5.41, 5.74) is 1.14. The summed E-state index contributed by atoms with van der Waals surface area (Å²) in [6.45, 7) is 6.29. The van der Waals surface area contributed by atoms with Gasteiger partial charge in [0.15, 0.2) is 0 Å². The third-order valence-electron chi connectivity index (χ3n) is 5.17. The molecule has 1 unspecified atom stereocenters. The second kappa shape index (κ2) is 10.3. The summed E-state index contributed by atoms with van der Waals surface area (Å²) in [6.07, 6.45) is 6.69. The zero-order chi connectivity index (χ0) is 21.5. The number of nitrogens with one attached hydrogen (secondary N) is 2. The van der Waals surface area contributed by atoms with Crippen LogP contribution in [0.25, 0.3) is 0 Å². The molecule has 2 amide bonds. The summed E-state index contributed by atoms with van der Waals surface area (Å²) in [4.78, 5) is 33.8. The zero-order valence-electron chi connectivity index (χ0n) is 17.7. The first-order chi connectivity index (χ1) is 14.4.